The molecule has 6 nitrogen and oxygen atoms in total. The maximum atomic E-state index is 11.9. The number of hydrogen-bond donors (Lipinski definition) is 2. The van der Waals surface area contributed by atoms with Crippen molar-refractivity contribution >= 4 is 12.1 Å². The van der Waals surface area contributed by atoms with Crippen LogP contribution >= 0.6 is 0 Å². The monoisotopic (exact) mass is 285 g/mol. The van der Waals surface area contributed by atoms with Gasteiger partial charge >= 0.3 is 12.1 Å². The summed E-state index contributed by atoms with van der Waals surface area (Å²) in [6.07, 6.45) is 2.06. The minimum absolute atomic E-state index is 0.218. The van der Waals surface area contributed by atoms with Crippen LogP contribution in [0.15, 0.2) is 12.2 Å². The molecular weight excluding hydrogens is 262 g/mol. The van der Waals surface area contributed by atoms with Crippen molar-refractivity contribution < 1.29 is 24.2 Å². The lowest BCUT2D eigenvalue weighted by Gasteiger charge is -2.29. The van der Waals surface area contributed by atoms with Crippen molar-refractivity contribution in [2.24, 2.45) is 5.92 Å². The SMILES string of the molecule is CCOC(=O)[C@@H]1C[C@H](O)C=C[C@@H]1NC(=O)OC(C)(C)C. The summed E-state index contributed by atoms with van der Waals surface area (Å²) in [6, 6.07) is -0.535. The molecule has 1 aliphatic rings. The third-order valence-corrected chi connectivity index (χ3v) is 2.74. The second kappa shape index (κ2) is 6.74. The number of amides is 1. The van der Waals surface area contributed by atoms with Crippen LogP contribution in [0.25, 0.3) is 0 Å². The van der Waals surface area contributed by atoms with Crippen molar-refractivity contribution in [3.8, 4) is 0 Å². The van der Waals surface area contributed by atoms with Gasteiger partial charge in [-0.2, -0.15) is 0 Å². The molecule has 0 aliphatic heterocycles. The molecule has 2 N–H and O–H groups in total. The molecule has 0 bridgehead atoms. The highest BCUT2D eigenvalue weighted by Gasteiger charge is 2.34. The molecule has 0 heterocycles. The summed E-state index contributed by atoms with van der Waals surface area (Å²) in [4.78, 5) is 23.6. The molecule has 0 aromatic rings. The van der Waals surface area contributed by atoms with Crippen molar-refractivity contribution in [2.75, 3.05) is 6.61 Å². The van der Waals surface area contributed by atoms with E-state index in [1.165, 1.54) is 0 Å². The average molecular weight is 285 g/mol. The molecule has 20 heavy (non-hydrogen) atoms. The van der Waals surface area contributed by atoms with Gasteiger partial charge in [0.1, 0.15) is 5.60 Å². The van der Waals surface area contributed by atoms with Gasteiger partial charge < -0.3 is 19.9 Å². The predicted molar refractivity (Wildman–Crippen MR) is 73.0 cm³/mol. The molecule has 0 fully saturated rings. The number of rotatable bonds is 3. The first-order valence-corrected chi connectivity index (χ1v) is 6.75. The van der Waals surface area contributed by atoms with Crippen molar-refractivity contribution in [3.63, 3.8) is 0 Å². The summed E-state index contributed by atoms with van der Waals surface area (Å²) < 4.78 is 10.1. The van der Waals surface area contributed by atoms with Gasteiger partial charge in [0.2, 0.25) is 0 Å². The van der Waals surface area contributed by atoms with Crippen LogP contribution in [-0.4, -0.2) is 41.5 Å². The van der Waals surface area contributed by atoms with E-state index in [4.69, 9.17) is 9.47 Å². The first kappa shape index (κ1) is 16.5. The van der Waals surface area contributed by atoms with E-state index in [0.717, 1.165) is 0 Å². The van der Waals surface area contributed by atoms with Gasteiger partial charge in [-0.05, 0) is 34.1 Å². The van der Waals surface area contributed by atoms with E-state index in [1.807, 2.05) is 0 Å². The maximum absolute atomic E-state index is 11.9. The molecule has 0 saturated carbocycles. The fourth-order valence-corrected chi connectivity index (χ4v) is 1.95. The zero-order valence-corrected chi connectivity index (χ0v) is 12.4. The van der Waals surface area contributed by atoms with Crippen LogP contribution in [0, 0.1) is 5.92 Å². The Bertz CT molecular complexity index is 386. The van der Waals surface area contributed by atoms with Crippen molar-refractivity contribution in [1.82, 2.24) is 5.32 Å². The molecule has 6 heteroatoms. The van der Waals surface area contributed by atoms with Crippen LogP contribution in [0.4, 0.5) is 4.79 Å². The van der Waals surface area contributed by atoms with Crippen LogP contribution in [0.3, 0.4) is 0 Å². The van der Waals surface area contributed by atoms with Gasteiger partial charge in [-0.25, -0.2) is 4.79 Å². The maximum Gasteiger partial charge on any atom is 0.408 e. The van der Waals surface area contributed by atoms with Gasteiger partial charge in [0.05, 0.1) is 24.7 Å². The van der Waals surface area contributed by atoms with E-state index in [1.54, 1.807) is 39.8 Å². The van der Waals surface area contributed by atoms with Crippen LogP contribution < -0.4 is 5.32 Å². The molecule has 0 aromatic carbocycles. The third kappa shape index (κ3) is 5.21. The fraction of sp³-hybridized carbons (Fsp3) is 0.714. The molecule has 1 amide bonds. The third-order valence-electron chi connectivity index (χ3n) is 2.74. The Labute approximate surface area is 119 Å². The predicted octanol–water partition coefficient (Wildman–Crippen LogP) is 1.38. The smallest absolute Gasteiger partial charge is 0.408 e. The molecule has 0 spiro atoms. The number of carbonyl (C=O) groups excluding carboxylic acids is 2. The summed E-state index contributed by atoms with van der Waals surface area (Å²) in [7, 11) is 0. The Morgan fingerprint density at radius 3 is 2.55 bits per heavy atom. The zero-order chi connectivity index (χ0) is 15.3. The number of aliphatic hydroxyl groups is 1. The van der Waals surface area contributed by atoms with Gasteiger partial charge in [-0.3, -0.25) is 4.79 Å². The molecule has 1 aliphatic carbocycles. The highest BCUT2D eigenvalue weighted by molar-refractivity contribution is 5.76. The minimum Gasteiger partial charge on any atom is -0.466 e. The van der Waals surface area contributed by atoms with Crippen LogP contribution in [0.2, 0.25) is 0 Å². The van der Waals surface area contributed by atoms with Gasteiger partial charge in [0, 0.05) is 0 Å². The van der Waals surface area contributed by atoms with E-state index in [9.17, 15) is 14.7 Å². The second-order valence-corrected chi connectivity index (χ2v) is 5.72. The summed E-state index contributed by atoms with van der Waals surface area (Å²) in [6.45, 7) is 7.25. The molecule has 114 valence electrons. The quantitative estimate of drug-likeness (QED) is 0.604. The van der Waals surface area contributed by atoms with E-state index in [0.29, 0.717) is 0 Å². The first-order chi connectivity index (χ1) is 9.23. The lowest BCUT2D eigenvalue weighted by atomic mass is 9.88. The largest absolute Gasteiger partial charge is 0.466 e. The molecule has 3 atom stereocenters. The van der Waals surface area contributed by atoms with E-state index >= 15 is 0 Å². The topological polar surface area (TPSA) is 84.9 Å². The summed E-state index contributed by atoms with van der Waals surface area (Å²) in [5.41, 5.74) is -0.610. The van der Waals surface area contributed by atoms with Crippen LogP contribution in [0.5, 0.6) is 0 Å². The molecule has 0 unspecified atom stereocenters. The molecule has 0 radical (unpaired) electrons. The molecular formula is C14H23NO5. The fourth-order valence-electron chi connectivity index (χ4n) is 1.95. The summed E-state index contributed by atoms with van der Waals surface area (Å²) in [5.74, 6) is -1.04. The highest BCUT2D eigenvalue weighted by Crippen LogP contribution is 2.21. The van der Waals surface area contributed by atoms with Gasteiger partial charge in [-0.1, -0.05) is 12.2 Å². The highest BCUT2D eigenvalue weighted by atomic mass is 16.6. The van der Waals surface area contributed by atoms with Crippen molar-refractivity contribution in [3.05, 3.63) is 12.2 Å². The molecule has 0 aromatic heterocycles. The van der Waals surface area contributed by atoms with Gasteiger partial charge in [0.15, 0.2) is 0 Å². The standard InChI is InChI=1S/C14H23NO5/c1-5-19-12(17)10-8-9(16)6-7-11(10)15-13(18)20-14(2,3)4/h6-7,9-11,16H,5,8H2,1-4H3,(H,15,18)/t9-,10-,11+/m1/s1. The normalized spacial score (nSPS) is 25.9. The van der Waals surface area contributed by atoms with Gasteiger partial charge in [0.25, 0.3) is 0 Å². The van der Waals surface area contributed by atoms with Crippen LogP contribution in [-0.2, 0) is 14.3 Å². The van der Waals surface area contributed by atoms with E-state index in [2.05, 4.69) is 5.32 Å². The van der Waals surface area contributed by atoms with Crippen LogP contribution in [0.1, 0.15) is 34.1 Å². The second-order valence-electron chi connectivity index (χ2n) is 5.72. The van der Waals surface area contributed by atoms with E-state index < -0.39 is 35.7 Å². The number of esters is 1. The minimum atomic E-state index is -0.707. The number of alkyl carbamates (subject to hydrolysis) is 1. The molecule has 1 rings (SSSR count). The number of carbonyl (C=O) groups is 2. The Balaban J connectivity index is 2.71. The first-order valence-electron chi connectivity index (χ1n) is 6.75. The number of aliphatic hydroxyl groups excluding tert-OH is 1. The van der Waals surface area contributed by atoms with Crippen molar-refractivity contribution in [1.29, 1.82) is 0 Å². The Kier molecular flexibility index (Phi) is 5.56. The van der Waals surface area contributed by atoms with E-state index in [-0.39, 0.29) is 13.0 Å². The molecule has 0 saturated heterocycles. The number of nitrogens with one attached hydrogen (secondary N) is 1. The zero-order valence-electron chi connectivity index (χ0n) is 12.4. The summed E-state index contributed by atoms with van der Waals surface area (Å²) in [5, 5.41) is 12.2. The Hall–Kier alpha value is -1.56. The lowest BCUT2D eigenvalue weighted by Crippen LogP contribution is -2.47. The van der Waals surface area contributed by atoms with Gasteiger partial charge in [-0.15, -0.1) is 0 Å². The lowest BCUT2D eigenvalue weighted by molar-refractivity contribution is -0.149. The van der Waals surface area contributed by atoms with Crippen molar-refractivity contribution in [2.45, 2.75) is 51.9 Å². The average Bonchev–Trinajstić information content (AvgIpc) is 2.29. The summed E-state index contributed by atoms with van der Waals surface area (Å²) >= 11 is 0. The Morgan fingerprint density at radius 2 is 2.00 bits per heavy atom. The Morgan fingerprint density at radius 1 is 1.35 bits per heavy atom. The number of ether oxygens (including phenoxy) is 2. The number of hydrogen-bond acceptors (Lipinski definition) is 5.